The van der Waals surface area contributed by atoms with Crippen molar-refractivity contribution in [1.82, 2.24) is 15.0 Å². The molecule has 0 saturated carbocycles. The molecule has 0 unspecified atom stereocenters. The van der Waals surface area contributed by atoms with E-state index in [9.17, 15) is 14.7 Å². The Hall–Kier alpha value is -4.79. The highest BCUT2D eigenvalue weighted by molar-refractivity contribution is 6.00. The summed E-state index contributed by atoms with van der Waals surface area (Å²) in [5, 5.41) is 10.6. The van der Waals surface area contributed by atoms with E-state index in [2.05, 4.69) is 15.0 Å². The second-order valence-corrected chi connectivity index (χ2v) is 7.30. The number of phenolic OH excluding ortho intramolecular Hbond substituents is 1. The maximum Gasteiger partial charge on any atom is 0.338 e. The first-order valence-electron chi connectivity index (χ1n) is 10.4. The molecule has 9 heteroatoms. The molecule has 4 rings (SSSR count). The predicted molar refractivity (Wildman–Crippen MR) is 127 cm³/mol. The molecule has 0 amide bonds. The molecule has 0 bridgehead atoms. The molecule has 4 aromatic rings. The molecule has 0 spiro atoms. The molecule has 1 N–H and O–H groups in total. The van der Waals surface area contributed by atoms with Gasteiger partial charge in [-0.05, 0) is 30.3 Å². The molecular weight excluding hydrogens is 450 g/mol. The highest BCUT2D eigenvalue weighted by Crippen LogP contribution is 2.33. The number of aromatic nitrogens is 3. The number of hydrogen-bond donors (Lipinski definition) is 1. The topological polar surface area (TPSA) is 121 Å². The maximum atomic E-state index is 12.6. The Morgan fingerprint density at radius 1 is 0.714 bits per heavy atom. The van der Waals surface area contributed by atoms with E-state index in [1.54, 1.807) is 18.2 Å². The maximum absolute atomic E-state index is 12.6. The van der Waals surface area contributed by atoms with Crippen LogP contribution in [0.3, 0.4) is 0 Å². The zero-order valence-corrected chi connectivity index (χ0v) is 19.2. The predicted octanol–water partition coefficient (Wildman–Crippen LogP) is 4.16. The molecule has 176 valence electrons. The number of phenols is 1. The van der Waals surface area contributed by atoms with Crippen molar-refractivity contribution in [2.45, 2.75) is 0 Å². The van der Waals surface area contributed by atoms with Crippen LogP contribution in [0.25, 0.3) is 34.2 Å². The molecule has 0 atom stereocenters. The minimum Gasteiger partial charge on any atom is -0.507 e. The zero-order valence-electron chi connectivity index (χ0n) is 19.2. The van der Waals surface area contributed by atoms with Crippen LogP contribution < -0.4 is 4.74 Å². The van der Waals surface area contributed by atoms with Gasteiger partial charge in [-0.3, -0.25) is 0 Å². The number of esters is 2. The van der Waals surface area contributed by atoms with E-state index in [4.69, 9.17) is 14.2 Å². The monoisotopic (exact) mass is 471 g/mol. The summed E-state index contributed by atoms with van der Waals surface area (Å²) in [4.78, 5) is 38.3. The van der Waals surface area contributed by atoms with Gasteiger partial charge in [-0.2, -0.15) is 0 Å². The molecular formula is C26H21N3O6. The van der Waals surface area contributed by atoms with E-state index in [1.807, 2.05) is 30.3 Å². The number of methoxy groups -OCH3 is 3. The van der Waals surface area contributed by atoms with Crippen molar-refractivity contribution in [3.05, 3.63) is 77.9 Å². The third-order valence-electron chi connectivity index (χ3n) is 5.20. The molecule has 0 aliphatic rings. The van der Waals surface area contributed by atoms with Gasteiger partial charge in [0.1, 0.15) is 11.5 Å². The van der Waals surface area contributed by atoms with Crippen LogP contribution in [0.1, 0.15) is 20.7 Å². The number of ether oxygens (including phenoxy) is 3. The third-order valence-corrected chi connectivity index (χ3v) is 5.20. The van der Waals surface area contributed by atoms with Gasteiger partial charge in [-0.25, -0.2) is 24.5 Å². The van der Waals surface area contributed by atoms with Crippen LogP contribution in [0.15, 0.2) is 66.7 Å². The SMILES string of the molecule is COC(=O)c1ccc(-c2nc(-c3ccccc3)nc(-c3ccc(OC)cc3O)n2)c(C(=O)OC)c1. The standard InChI is InChI=1S/C26H21N3O6/c1-33-17-10-12-19(21(30)14-17)24-28-22(15-7-5-4-6-8-15)27-23(29-24)18-11-9-16(25(31)34-2)13-20(18)26(32)35-3/h4-14,30H,1-3H3. The third kappa shape index (κ3) is 4.79. The van der Waals surface area contributed by atoms with Crippen molar-refractivity contribution in [3.8, 4) is 45.7 Å². The minimum atomic E-state index is -0.679. The van der Waals surface area contributed by atoms with Crippen LogP contribution in [-0.2, 0) is 9.47 Å². The van der Waals surface area contributed by atoms with Gasteiger partial charge in [-0.1, -0.05) is 30.3 Å². The lowest BCUT2D eigenvalue weighted by Crippen LogP contribution is -2.10. The quantitative estimate of drug-likeness (QED) is 0.413. The first-order chi connectivity index (χ1) is 16.9. The van der Waals surface area contributed by atoms with Gasteiger partial charge in [0.15, 0.2) is 17.5 Å². The summed E-state index contributed by atoms with van der Waals surface area (Å²) in [5.41, 5.74) is 1.61. The molecule has 0 radical (unpaired) electrons. The van der Waals surface area contributed by atoms with Crippen molar-refractivity contribution in [2.75, 3.05) is 21.3 Å². The number of rotatable bonds is 6. The Morgan fingerprint density at radius 3 is 1.97 bits per heavy atom. The Bertz CT molecular complexity index is 1410. The van der Waals surface area contributed by atoms with Gasteiger partial charge in [-0.15, -0.1) is 0 Å². The van der Waals surface area contributed by atoms with Crippen molar-refractivity contribution in [1.29, 1.82) is 0 Å². The summed E-state index contributed by atoms with van der Waals surface area (Å²) in [6.45, 7) is 0. The second kappa shape index (κ2) is 10.0. The van der Waals surface area contributed by atoms with E-state index in [0.717, 1.165) is 0 Å². The van der Waals surface area contributed by atoms with Crippen LogP contribution in [0.4, 0.5) is 0 Å². The highest BCUT2D eigenvalue weighted by Gasteiger charge is 2.21. The lowest BCUT2D eigenvalue weighted by atomic mass is 10.0. The Morgan fingerprint density at radius 2 is 1.34 bits per heavy atom. The summed E-state index contributed by atoms with van der Waals surface area (Å²) in [6.07, 6.45) is 0. The van der Waals surface area contributed by atoms with Gasteiger partial charge in [0.25, 0.3) is 0 Å². The van der Waals surface area contributed by atoms with Gasteiger partial charge < -0.3 is 19.3 Å². The van der Waals surface area contributed by atoms with E-state index < -0.39 is 11.9 Å². The van der Waals surface area contributed by atoms with Crippen molar-refractivity contribution in [2.24, 2.45) is 0 Å². The normalized spacial score (nSPS) is 10.5. The first kappa shape index (κ1) is 23.4. The van der Waals surface area contributed by atoms with E-state index in [0.29, 0.717) is 28.3 Å². The minimum absolute atomic E-state index is 0.0746. The average molecular weight is 471 g/mol. The molecule has 1 heterocycles. The lowest BCUT2D eigenvalue weighted by Gasteiger charge is -2.12. The fraction of sp³-hybridized carbons (Fsp3) is 0.115. The molecule has 0 aliphatic heterocycles. The Labute approximate surface area is 201 Å². The Kier molecular flexibility index (Phi) is 6.68. The van der Waals surface area contributed by atoms with Crippen molar-refractivity contribution in [3.63, 3.8) is 0 Å². The molecule has 3 aromatic carbocycles. The fourth-order valence-electron chi connectivity index (χ4n) is 3.42. The smallest absolute Gasteiger partial charge is 0.338 e. The van der Waals surface area contributed by atoms with Gasteiger partial charge in [0.05, 0.1) is 38.0 Å². The molecule has 9 nitrogen and oxygen atoms in total. The van der Waals surface area contributed by atoms with Crippen LogP contribution in [0.5, 0.6) is 11.5 Å². The Balaban J connectivity index is 1.96. The van der Waals surface area contributed by atoms with Crippen molar-refractivity contribution < 1.29 is 28.9 Å². The molecule has 0 aliphatic carbocycles. The number of aromatic hydroxyl groups is 1. The van der Waals surface area contributed by atoms with Gasteiger partial charge in [0.2, 0.25) is 0 Å². The molecule has 0 fully saturated rings. The van der Waals surface area contributed by atoms with E-state index in [1.165, 1.54) is 39.5 Å². The first-order valence-corrected chi connectivity index (χ1v) is 10.4. The van der Waals surface area contributed by atoms with E-state index >= 15 is 0 Å². The van der Waals surface area contributed by atoms with Gasteiger partial charge >= 0.3 is 11.9 Å². The van der Waals surface area contributed by atoms with Crippen molar-refractivity contribution >= 4 is 11.9 Å². The summed E-state index contributed by atoms with van der Waals surface area (Å²) in [7, 11) is 3.98. The van der Waals surface area contributed by atoms with Gasteiger partial charge in [0, 0.05) is 17.2 Å². The van der Waals surface area contributed by atoms with Crippen LogP contribution in [-0.4, -0.2) is 53.3 Å². The molecule has 0 saturated heterocycles. The van der Waals surface area contributed by atoms with Crippen LogP contribution >= 0.6 is 0 Å². The summed E-state index contributed by atoms with van der Waals surface area (Å²) >= 11 is 0. The number of carbonyl (C=O) groups is 2. The second-order valence-electron chi connectivity index (χ2n) is 7.30. The van der Waals surface area contributed by atoms with Crippen LogP contribution in [0.2, 0.25) is 0 Å². The largest absolute Gasteiger partial charge is 0.507 e. The summed E-state index contributed by atoms with van der Waals surface area (Å²) < 4.78 is 14.9. The number of benzene rings is 3. The summed E-state index contributed by atoms with van der Waals surface area (Å²) in [5.74, 6) is -0.242. The number of hydrogen-bond acceptors (Lipinski definition) is 9. The number of carbonyl (C=O) groups excluding carboxylic acids is 2. The zero-order chi connectivity index (χ0) is 24.9. The average Bonchev–Trinajstić information content (AvgIpc) is 2.91. The summed E-state index contributed by atoms with van der Waals surface area (Å²) in [6, 6.07) is 18.4. The van der Waals surface area contributed by atoms with E-state index in [-0.39, 0.29) is 28.5 Å². The van der Waals surface area contributed by atoms with Crippen LogP contribution in [0, 0.1) is 0 Å². The number of nitrogens with zero attached hydrogens (tertiary/aromatic N) is 3. The highest BCUT2D eigenvalue weighted by atomic mass is 16.5. The molecule has 1 aromatic heterocycles. The lowest BCUT2D eigenvalue weighted by molar-refractivity contribution is 0.0599. The molecule has 35 heavy (non-hydrogen) atoms. The fourth-order valence-corrected chi connectivity index (χ4v) is 3.42.